The zero-order valence-electron chi connectivity index (χ0n) is 28.4. The van der Waals surface area contributed by atoms with Crippen LogP contribution in [0.2, 0.25) is 0 Å². The molecule has 0 spiro atoms. The van der Waals surface area contributed by atoms with Gasteiger partial charge < -0.3 is 21.7 Å². The van der Waals surface area contributed by atoms with Gasteiger partial charge in [0, 0.05) is 11.4 Å². The van der Waals surface area contributed by atoms with E-state index >= 15 is 0 Å². The number of hydrogen-bond acceptors (Lipinski definition) is 18. The maximum absolute atomic E-state index is 13.3. The zero-order chi connectivity index (χ0) is 42.9. The molecule has 0 amide bonds. The summed E-state index contributed by atoms with van der Waals surface area (Å²) in [6.45, 7) is 0. The number of Topliss-reactive ketones (excluding diaryl/α,β-unsaturated/α-hetero) is 2. The second-order valence-electron chi connectivity index (χ2n) is 12.1. The Labute approximate surface area is 326 Å². The van der Waals surface area contributed by atoms with E-state index < -0.39 is 117 Å². The van der Waals surface area contributed by atoms with E-state index in [9.17, 15) is 71.7 Å². The summed E-state index contributed by atoms with van der Waals surface area (Å²) in [4.78, 5) is 23.0. The lowest BCUT2D eigenvalue weighted by Crippen LogP contribution is -2.28. The van der Waals surface area contributed by atoms with Crippen molar-refractivity contribution in [1.82, 2.24) is 0 Å². The van der Waals surface area contributed by atoms with Gasteiger partial charge in [-0.15, -0.1) is 0 Å². The molecule has 22 nitrogen and oxygen atoms in total. The zero-order valence-corrected chi connectivity index (χ0v) is 31.6. The first-order chi connectivity index (χ1) is 26.8. The van der Waals surface area contributed by atoms with Gasteiger partial charge in [-0.25, -0.2) is 0 Å². The van der Waals surface area contributed by atoms with Crippen molar-refractivity contribution in [2.75, 3.05) is 22.3 Å². The number of aromatic hydroxyl groups is 2. The third-order valence-corrected chi connectivity index (χ3v) is 11.7. The van der Waals surface area contributed by atoms with Crippen LogP contribution in [0.3, 0.4) is 0 Å². The number of carbonyl (C=O) groups excluding carboxylic acids is 2. The summed E-state index contributed by atoms with van der Waals surface area (Å²) >= 11 is 0. The number of allylic oxidation sites excluding steroid dienone is 2. The van der Waals surface area contributed by atoms with Gasteiger partial charge in [-0.1, -0.05) is 12.1 Å². The monoisotopic (exact) mass is 876 g/mol. The number of nitrogens with two attached hydrogens (primary N) is 2. The third kappa shape index (κ3) is 7.88. The van der Waals surface area contributed by atoms with Crippen molar-refractivity contribution in [3.63, 3.8) is 0 Å². The van der Waals surface area contributed by atoms with E-state index in [-0.39, 0.29) is 33.6 Å². The summed E-state index contributed by atoms with van der Waals surface area (Å²) in [5.41, 5.74) is 12.0. The number of fused-ring (bicyclic) bond motifs is 2. The van der Waals surface area contributed by atoms with Gasteiger partial charge in [0.2, 0.25) is 11.6 Å². The number of benzene rings is 4. The fourth-order valence-corrected chi connectivity index (χ4v) is 8.12. The first kappa shape index (κ1) is 41.1. The third-order valence-electron chi connectivity index (χ3n) is 8.33. The van der Waals surface area contributed by atoms with Crippen LogP contribution in [0.15, 0.2) is 90.5 Å². The molecule has 26 heteroatoms. The van der Waals surface area contributed by atoms with Gasteiger partial charge in [0.05, 0.1) is 32.3 Å². The Balaban J connectivity index is 1.27. The van der Waals surface area contributed by atoms with Crippen molar-refractivity contribution < 1.29 is 71.7 Å². The quantitative estimate of drug-likeness (QED) is 0.0498. The molecule has 0 fully saturated rings. The number of phenols is 2. The fraction of sp³-hybridized carbons (Fsp3) is 0. The maximum Gasteiger partial charge on any atom is 0.296 e. The molecule has 0 unspecified atom stereocenters. The normalized spacial score (nSPS) is 16.1. The Bertz CT molecular complexity index is 2930. The largest absolute Gasteiger partial charge is 0.506 e. The highest BCUT2D eigenvalue weighted by Crippen LogP contribution is 2.37. The lowest BCUT2D eigenvalue weighted by Gasteiger charge is -2.19. The van der Waals surface area contributed by atoms with Crippen molar-refractivity contribution in [2.45, 2.75) is 9.79 Å². The molecule has 6 rings (SSSR count). The maximum atomic E-state index is 13.3. The van der Waals surface area contributed by atoms with Crippen LogP contribution in [0.25, 0.3) is 23.3 Å². The molecule has 0 atom stereocenters. The molecule has 4 aromatic carbocycles. The predicted octanol–water partition coefficient (Wildman–Crippen LogP) is 2.21. The summed E-state index contributed by atoms with van der Waals surface area (Å²) in [6.07, 6.45) is 1.40. The number of phenolic OH excluding ortho intramolecular Hbond substituents is 2. The van der Waals surface area contributed by atoms with Crippen LogP contribution in [0.5, 0.6) is 11.5 Å². The van der Waals surface area contributed by atoms with E-state index in [1.54, 1.807) is 0 Å². The highest BCUT2D eigenvalue weighted by atomic mass is 32.2. The number of anilines is 4. The Morgan fingerprint density at radius 1 is 0.500 bits per heavy atom. The van der Waals surface area contributed by atoms with Crippen molar-refractivity contribution in [3.05, 3.63) is 92.7 Å². The Hall–Kier alpha value is -6.52. The molecule has 12 N–H and O–H groups in total. The number of carbonyl (C=O) groups is 2. The Kier molecular flexibility index (Phi) is 10.0. The number of nitrogen functional groups attached to an aromatic ring is 2. The summed E-state index contributed by atoms with van der Waals surface area (Å²) in [7, 11) is -20.1. The minimum atomic E-state index is -5.19. The lowest BCUT2D eigenvalue weighted by molar-refractivity contribution is 0.105. The number of ketones is 2. The molecule has 2 aliphatic rings. The average Bonchev–Trinajstić information content (AvgIpc) is 3.09. The number of nitrogens with zero attached hydrogens (tertiary/aromatic N) is 2. The van der Waals surface area contributed by atoms with Gasteiger partial charge in [-0.2, -0.15) is 43.9 Å². The van der Waals surface area contributed by atoms with Crippen LogP contribution < -0.4 is 22.3 Å². The minimum Gasteiger partial charge on any atom is -0.506 e. The highest BCUT2D eigenvalue weighted by molar-refractivity contribution is 7.91. The summed E-state index contributed by atoms with van der Waals surface area (Å²) in [5.74, 6) is -3.44. The van der Waals surface area contributed by atoms with Crippen molar-refractivity contribution in [2.24, 2.45) is 10.2 Å². The molecule has 0 aromatic heterocycles. The van der Waals surface area contributed by atoms with Crippen molar-refractivity contribution in [3.8, 4) is 22.6 Å². The van der Waals surface area contributed by atoms with Crippen LogP contribution >= 0.6 is 0 Å². The minimum absolute atomic E-state index is 0.214. The average molecular weight is 877 g/mol. The van der Waals surface area contributed by atoms with E-state index in [1.165, 1.54) is 24.3 Å². The Morgan fingerprint density at radius 2 is 0.845 bits per heavy atom. The molecule has 4 aromatic rings. The smallest absolute Gasteiger partial charge is 0.296 e. The molecule has 0 heterocycles. The van der Waals surface area contributed by atoms with Gasteiger partial charge in [0.15, 0.2) is 11.4 Å². The second-order valence-corrected chi connectivity index (χ2v) is 17.8. The molecule has 0 saturated carbocycles. The van der Waals surface area contributed by atoms with Crippen molar-refractivity contribution >= 4 is 98.4 Å². The number of rotatable bonds is 9. The molecule has 0 radical (unpaired) electrons. The van der Waals surface area contributed by atoms with Gasteiger partial charge in [0.25, 0.3) is 40.5 Å². The molecule has 58 heavy (non-hydrogen) atoms. The van der Waals surface area contributed by atoms with Gasteiger partial charge in [-0.3, -0.25) is 38.7 Å². The second kappa shape index (κ2) is 14.1. The summed E-state index contributed by atoms with van der Waals surface area (Å²) in [6, 6.07) is 10.5. The lowest BCUT2D eigenvalue weighted by atomic mass is 9.93. The number of hydrogen-bond donors (Lipinski definition) is 10. The molecule has 0 aliphatic heterocycles. The summed E-state index contributed by atoms with van der Waals surface area (Å²) in [5, 5.41) is 29.0. The summed E-state index contributed by atoms with van der Waals surface area (Å²) < 4.78 is 134. The predicted molar refractivity (Wildman–Crippen MR) is 206 cm³/mol. The number of hydrazone groups is 2. The van der Waals surface area contributed by atoms with E-state index in [4.69, 9.17) is 11.5 Å². The molecule has 2 aliphatic carbocycles. The SMILES string of the molecule is Nc1cc(S(=O)(=O)O)cc2c1C(=O)/C(=N\Nc1ccc(-c3ccc(N/N=C4\C(=O)c5c(N)cc(S(=O)(=O)O)cc5C=C4S(=O)(=O)O)c(O)c3)cc1O)C(S(=O)(=O)O)=C2. The molecule has 0 bridgehead atoms. The van der Waals surface area contributed by atoms with Crippen LogP contribution in [0, 0.1) is 0 Å². The van der Waals surface area contributed by atoms with Crippen molar-refractivity contribution in [1.29, 1.82) is 0 Å². The molecule has 0 saturated heterocycles. The van der Waals surface area contributed by atoms with Crippen LogP contribution in [-0.4, -0.2) is 85.1 Å². The first-order valence-electron chi connectivity index (χ1n) is 15.4. The highest BCUT2D eigenvalue weighted by Gasteiger charge is 2.37. The van der Waals surface area contributed by atoms with Gasteiger partial charge in [0.1, 0.15) is 21.3 Å². The van der Waals surface area contributed by atoms with E-state index in [0.29, 0.717) is 12.2 Å². The molecular formula is C32H24N6O16S4. The topological polar surface area (TPSA) is 393 Å². The van der Waals surface area contributed by atoms with Crippen LogP contribution in [0.1, 0.15) is 31.8 Å². The van der Waals surface area contributed by atoms with E-state index in [0.717, 1.165) is 36.4 Å². The van der Waals surface area contributed by atoms with E-state index in [2.05, 4.69) is 21.1 Å². The van der Waals surface area contributed by atoms with Crippen LogP contribution in [-0.2, 0) is 40.5 Å². The number of nitrogens with one attached hydrogen (secondary N) is 2. The van der Waals surface area contributed by atoms with Crippen LogP contribution in [0.4, 0.5) is 22.7 Å². The molecular weight excluding hydrogens is 853 g/mol. The van der Waals surface area contributed by atoms with E-state index in [1.807, 2.05) is 0 Å². The fourth-order valence-electron chi connectivity index (χ4n) is 5.70. The molecule has 302 valence electrons. The van der Waals surface area contributed by atoms with Gasteiger partial charge in [-0.05, 0) is 82.9 Å². The van der Waals surface area contributed by atoms with Gasteiger partial charge >= 0.3 is 0 Å². The first-order valence-corrected chi connectivity index (χ1v) is 21.2. The standard InChI is InChI=1S/C32H24N6O16S4/c33-19-11-17(55(43,44)45)5-15-9-25(57(49,50)51)29(31(41)27(15)19)37-35-21-3-1-13(7-23(21)39)14-2-4-22(24(40)8-14)36-38-30-26(58(52,53)54)10-16-6-18(56(46,47)48)12-20(34)28(16)32(30)42/h1-12,35-36,39-40H,33-34H2,(H,43,44,45)(H,46,47,48)(H,49,50,51)(H,52,53,54)/b37-29-,38-30-. The Morgan fingerprint density at radius 3 is 1.14 bits per heavy atom.